The van der Waals surface area contributed by atoms with E-state index in [0.717, 1.165) is 6.54 Å². The largest absolute Gasteiger partial charge is 0.364 e. The van der Waals surface area contributed by atoms with Crippen LogP contribution in [0.15, 0.2) is 41.5 Å². The fourth-order valence-electron chi connectivity index (χ4n) is 3.01. The molecule has 1 aromatic rings. The summed E-state index contributed by atoms with van der Waals surface area (Å²) in [5.41, 5.74) is 5.82. The Morgan fingerprint density at radius 2 is 1.82 bits per heavy atom. The first-order valence-corrected chi connectivity index (χ1v) is 6.42. The SMILES string of the molecule is CC1=CCN2c3ccccc3C=C(C)C[C@@H]2C1. The molecule has 0 fully saturated rings. The summed E-state index contributed by atoms with van der Waals surface area (Å²) in [5, 5.41) is 0. The van der Waals surface area contributed by atoms with Gasteiger partial charge in [-0.25, -0.2) is 0 Å². The summed E-state index contributed by atoms with van der Waals surface area (Å²) >= 11 is 0. The molecule has 1 nitrogen and oxygen atoms in total. The van der Waals surface area contributed by atoms with Gasteiger partial charge in [-0.2, -0.15) is 0 Å². The van der Waals surface area contributed by atoms with E-state index < -0.39 is 0 Å². The van der Waals surface area contributed by atoms with Crippen LogP contribution in [0.3, 0.4) is 0 Å². The summed E-state index contributed by atoms with van der Waals surface area (Å²) in [6.45, 7) is 5.58. The monoisotopic (exact) mass is 225 g/mol. The van der Waals surface area contributed by atoms with E-state index in [1.165, 1.54) is 29.7 Å². The maximum Gasteiger partial charge on any atom is 0.0445 e. The second-order valence-electron chi connectivity index (χ2n) is 5.31. The van der Waals surface area contributed by atoms with Crippen molar-refractivity contribution < 1.29 is 0 Å². The molecule has 17 heavy (non-hydrogen) atoms. The Morgan fingerprint density at radius 1 is 1.06 bits per heavy atom. The molecular formula is C16H19N. The van der Waals surface area contributed by atoms with E-state index in [1.54, 1.807) is 5.57 Å². The lowest BCUT2D eigenvalue weighted by Gasteiger charge is -2.36. The summed E-state index contributed by atoms with van der Waals surface area (Å²) < 4.78 is 0. The molecule has 2 aliphatic rings. The number of para-hydroxylation sites is 1. The summed E-state index contributed by atoms with van der Waals surface area (Å²) in [6.07, 6.45) is 7.12. The quantitative estimate of drug-likeness (QED) is 0.603. The molecule has 2 heterocycles. The van der Waals surface area contributed by atoms with Crippen molar-refractivity contribution in [3.63, 3.8) is 0 Å². The molecule has 0 amide bonds. The van der Waals surface area contributed by atoms with E-state index in [0.29, 0.717) is 6.04 Å². The minimum absolute atomic E-state index is 0.653. The number of hydrogen-bond acceptors (Lipinski definition) is 1. The van der Waals surface area contributed by atoms with Crippen LogP contribution in [0.2, 0.25) is 0 Å². The van der Waals surface area contributed by atoms with Crippen LogP contribution in [0.25, 0.3) is 6.08 Å². The van der Waals surface area contributed by atoms with Crippen molar-refractivity contribution in [3.8, 4) is 0 Å². The number of nitrogens with zero attached hydrogens (tertiary/aromatic N) is 1. The molecular weight excluding hydrogens is 206 g/mol. The van der Waals surface area contributed by atoms with Gasteiger partial charge in [0.15, 0.2) is 0 Å². The molecule has 0 bridgehead atoms. The number of benzene rings is 1. The molecule has 0 N–H and O–H groups in total. The lowest BCUT2D eigenvalue weighted by atomic mass is 9.96. The first kappa shape index (κ1) is 10.6. The van der Waals surface area contributed by atoms with Gasteiger partial charge >= 0.3 is 0 Å². The first-order chi connectivity index (χ1) is 8.24. The Hall–Kier alpha value is -1.50. The van der Waals surface area contributed by atoms with Gasteiger partial charge < -0.3 is 4.90 Å². The second kappa shape index (κ2) is 4.06. The molecule has 1 atom stereocenters. The van der Waals surface area contributed by atoms with Crippen molar-refractivity contribution in [2.45, 2.75) is 32.7 Å². The highest BCUT2D eigenvalue weighted by molar-refractivity contribution is 5.71. The molecule has 0 unspecified atom stereocenters. The molecule has 0 spiro atoms. The lowest BCUT2D eigenvalue weighted by Crippen LogP contribution is -2.38. The third-order valence-electron chi connectivity index (χ3n) is 3.84. The van der Waals surface area contributed by atoms with Crippen molar-refractivity contribution in [2.75, 3.05) is 11.4 Å². The third-order valence-corrected chi connectivity index (χ3v) is 3.84. The fourth-order valence-corrected chi connectivity index (χ4v) is 3.01. The lowest BCUT2D eigenvalue weighted by molar-refractivity contribution is 0.581. The van der Waals surface area contributed by atoms with Crippen LogP contribution in [-0.2, 0) is 0 Å². The number of anilines is 1. The minimum atomic E-state index is 0.653. The fraction of sp³-hybridized carbons (Fsp3) is 0.375. The third kappa shape index (κ3) is 1.90. The smallest absolute Gasteiger partial charge is 0.0445 e. The molecule has 0 saturated heterocycles. The molecule has 0 radical (unpaired) electrons. The van der Waals surface area contributed by atoms with Crippen molar-refractivity contribution in [1.29, 1.82) is 0 Å². The Morgan fingerprint density at radius 3 is 2.71 bits per heavy atom. The molecule has 2 aliphatic heterocycles. The maximum atomic E-state index is 2.56. The molecule has 0 aromatic heterocycles. The summed E-state index contributed by atoms with van der Waals surface area (Å²) in [5.74, 6) is 0. The van der Waals surface area contributed by atoms with E-state index in [1.807, 2.05) is 0 Å². The van der Waals surface area contributed by atoms with Crippen LogP contribution >= 0.6 is 0 Å². The van der Waals surface area contributed by atoms with Gasteiger partial charge in [-0.05, 0) is 38.3 Å². The van der Waals surface area contributed by atoms with Crippen LogP contribution in [0.1, 0.15) is 32.3 Å². The molecule has 1 aromatic carbocycles. The minimum Gasteiger partial charge on any atom is -0.364 e. The zero-order chi connectivity index (χ0) is 11.8. The Balaban J connectivity index is 2.09. The van der Waals surface area contributed by atoms with Crippen LogP contribution < -0.4 is 4.90 Å². The van der Waals surface area contributed by atoms with Crippen LogP contribution in [0.4, 0.5) is 5.69 Å². The van der Waals surface area contributed by atoms with Gasteiger partial charge in [-0.1, -0.05) is 41.5 Å². The van der Waals surface area contributed by atoms with Gasteiger partial charge in [0.1, 0.15) is 0 Å². The first-order valence-electron chi connectivity index (χ1n) is 6.42. The number of fused-ring (bicyclic) bond motifs is 3. The van der Waals surface area contributed by atoms with Crippen LogP contribution in [0.5, 0.6) is 0 Å². The Kier molecular flexibility index (Phi) is 2.54. The second-order valence-corrected chi connectivity index (χ2v) is 5.31. The van der Waals surface area contributed by atoms with Gasteiger partial charge in [-0.3, -0.25) is 0 Å². The topological polar surface area (TPSA) is 3.24 Å². The van der Waals surface area contributed by atoms with Gasteiger partial charge in [0, 0.05) is 18.3 Å². The normalized spacial score (nSPS) is 23.2. The highest BCUT2D eigenvalue weighted by atomic mass is 15.2. The van der Waals surface area contributed by atoms with E-state index >= 15 is 0 Å². The highest BCUT2D eigenvalue weighted by Crippen LogP contribution is 2.34. The maximum absolute atomic E-state index is 2.56. The van der Waals surface area contributed by atoms with Gasteiger partial charge in [0.2, 0.25) is 0 Å². The average Bonchev–Trinajstić information content (AvgIpc) is 2.43. The molecule has 3 rings (SSSR count). The zero-order valence-electron chi connectivity index (χ0n) is 10.6. The van der Waals surface area contributed by atoms with Crippen LogP contribution in [0, 0.1) is 0 Å². The molecule has 0 aliphatic carbocycles. The summed E-state index contributed by atoms with van der Waals surface area (Å²) in [4.78, 5) is 2.56. The van der Waals surface area contributed by atoms with Crippen molar-refractivity contribution in [2.24, 2.45) is 0 Å². The van der Waals surface area contributed by atoms with Crippen molar-refractivity contribution in [1.82, 2.24) is 0 Å². The van der Waals surface area contributed by atoms with Crippen LogP contribution in [-0.4, -0.2) is 12.6 Å². The highest BCUT2D eigenvalue weighted by Gasteiger charge is 2.25. The van der Waals surface area contributed by atoms with Crippen molar-refractivity contribution in [3.05, 3.63) is 47.1 Å². The summed E-state index contributed by atoms with van der Waals surface area (Å²) in [7, 11) is 0. The zero-order valence-corrected chi connectivity index (χ0v) is 10.6. The number of rotatable bonds is 0. The molecule has 0 saturated carbocycles. The van der Waals surface area contributed by atoms with E-state index in [2.05, 4.69) is 55.2 Å². The average molecular weight is 225 g/mol. The predicted octanol–water partition coefficient (Wildman–Crippen LogP) is 4.02. The van der Waals surface area contributed by atoms with E-state index in [9.17, 15) is 0 Å². The number of hydrogen-bond donors (Lipinski definition) is 0. The van der Waals surface area contributed by atoms with Gasteiger partial charge in [-0.15, -0.1) is 0 Å². The standard InChI is InChI=1S/C16H19N/c1-12-7-8-17-15(10-12)11-13(2)9-14-5-3-4-6-16(14)17/h3-7,9,15H,8,10-11H2,1-2H3/t15-/m0/s1. The van der Waals surface area contributed by atoms with E-state index in [4.69, 9.17) is 0 Å². The van der Waals surface area contributed by atoms with E-state index in [-0.39, 0.29) is 0 Å². The van der Waals surface area contributed by atoms with Crippen molar-refractivity contribution >= 4 is 11.8 Å². The Labute approximate surface area is 103 Å². The van der Waals surface area contributed by atoms with Gasteiger partial charge in [0.05, 0.1) is 0 Å². The van der Waals surface area contributed by atoms with Gasteiger partial charge in [0.25, 0.3) is 0 Å². The summed E-state index contributed by atoms with van der Waals surface area (Å²) in [6, 6.07) is 9.42. The molecule has 88 valence electrons. The molecule has 1 heteroatoms. The Bertz CT molecular complexity index is 496. The predicted molar refractivity (Wildman–Crippen MR) is 74.2 cm³/mol.